The van der Waals surface area contributed by atoms with Crippen LogP contribution in [0.15, 0.2) is 56.6 Å². The summed E-state index contributed by atoms with van der Waals surface area (Å²) in [5, 5.41) is 13.4. The van der Waals surface area contributed by atoms with E-state index >= 15 is 0 Å². The van der Waals surface area contributed by atoms with Crippen molar-refractivity contribution in [2.45, 2.75) is 30.3 Å². The lowest BCUT2D eigenvalue weighted by molar-refractivity contribution is -0.384. The number of nitrogens with zero attached hydrogens (tertiary/aromatic N) is 2. The molecule has 0 saturated heterocycles. The molecule has 1 aromatic heterocycles. The second-order valence-corrected chi connectivity index (χ2v) is 8.55. The fourth-order valence-corrected chi connectivity index (χ4v) is 4.24. The maximum atomic E-state index is 12.4. The Morgan fingerprint density at radius 1 is 1.23 bits per heavy atom. The van der Waals surface area contributed by atoms with Gasteiger partial charge in [0.2, 0.25) is 15.9 Å². The van der Waals surface area contributed by atoms with E-state index in [1.165, 1.54) is 36.4 Å². The molecule has 0 bridgehead atoms. The first-order chi connectivity index (χ1) is 14.2. The smallest absolute Gasteiger partial charge is 0.407 e. The summed E-state index contributed by atoms with van der Waals surface area (Å²) in [4.78, 5) is 34.7. The first kappa shape index (κ1) is 19.8. The van der Waals surface area contributed by atoms with Crippen molar-refractivity contribution in [1.29, 1.82) is 0 Å². The lowest BCUT2D eigenvalue weighted by Crippen LogP contribution is -2.26. The van der Waals surface area contributed by atoms with Crippen LogP contribution in [-0.2, 0) is 21.4 Å². The minimum atomic E-state index is -3.68. The number of carbonyl (C=O) groups is 1. The van der Waals surface area contributed by atoms with E-state index in [1.807, 2.05) is 0 Å². The van der Waals surface area contributed by atoms with Gasteiger partial charge in [-0.2, -0.15) is 0 Å². The third-order valence-electron chi connectivity index (χ3n) is 4.49. The van der Waals surface area contributed by atoms with Gasteiger partial charge in [0.1, 0.15) is 6.54 Å². The molecule has 1 aliphatic carbocycles. The predicted molar refractivity (Wildman–Crippen MR) is 106 cm³/mol. The summed E-state index contributed by atoms with van der Waals surface area (Å²) in [5.41, 5.74) is 0.216. The standard InChI is InChI=1S/C18H16N4O7S/c23-17(10-21-15-7-6-13(22(25)26)9-16(15)29-18(21)24)19-12-2-1-3-14(8-12)30(27,28)20-11-4-5-11/h1-3,6-9,11,20H,4-5,10H2,(H,19,23). The number of aromatic nitrogens is 1. The molecule has 1 fully saturated rings. The lowest BCUT2D eigenvalue weighted by atomic mass is 10.3. The zero-order chi connectivity index (χ0) is 21.5. The molecular weight excluding hydrogens is 416 g/mol. The lowest BCUT2D eigenvalue weighted by Gasteiger charge is -2.09. The molecule has 1 saturated carbocycles. The second-order valence-electron chi connectivity index (χ2n) is 6.83. The van der Waals surface area contributed by atoms with Gasteiger partial charge in [0.05, 0.1) is 21.4 Å². The first-order valence-electron chi connectivity index (χ1n) is 8.93. The fraction of sp³-hybridized carbons (Fsp3) is 0.222. The highest BCUT2D eigenvalue weighted by molar-refractivity contribution is 7.89. The summed E-state index contributed by atoms with van der Waals surface area (Å²) >= 11 is 0. The summed E-state index contributed by atoms with van der Waals surface area (Å²) in [7, 11) is -3.68. The number of hydrogen-bond donors (Lipinski definition) is 2. The van der Waals surface area contributed by atoms with Crippen LogP contribution in [0.5, 0.6) is 0 Å². The Balaban J connectivity index is 1.53. The van der Waals surface area contributed by atoms with Crippen molar-refractivity contribution in [2.75, 3.05) is 5.32 Å². The molecule has 4 rings (SSSR count). The first-order valence-corrected chi connectivity index (χ1v) is 10.4. The summed E-state index contributed by atoms with van der Waals surface area (Å²) < 4.78 is 33.2. The molecule has 11 nitrogen and oxygen atoms in total. The van der Waals surface area contributed by atoms with Gasteiger partial charge in [-0.05, 0) is 37.1 Å². The van der Waals surface area contributed by atoms with E-state index in [4.69, 9.17) is 4.42 Å². The molecule has 0 aliphatic heterocycles. The Kier molecular flexibility index (Phi) is 4.87. The molecule has 2 N–H and O–H groups in total. The minimum absolute atomic E-state index is 0.0127. The Labute approximate surface area is 169 Å². The van der Waals surface area contributed by atoms with Crippen molar-refractivity contribution >= 4 is 38.4 Å². The van der Waals surface area contributed by atoms with Crippen molar-refractivity contribution in [1.82, 2.24) is 9.29 Å². The van der Waals surface area contributed by atoms with Crippen LogP contribution in [-0.4, -0.2) is 29.9 Å². The van der Waals surface area contributed by atoms with Crippen LogP contribution in [0, 0.1) is 10.1 Å². The van der Waals surface area contributed by atoms with Crippen LogP contribution in [0.3, 0.4) is 0 Å². The number of nitro benzene ring substituents is 1. The summed E-state index contributed by atoms with van der Waals surface area (Å²) in [6.07, 6.45) is 1.60. The van der Waals surface area contributed by atoms with Crippen molar-refractivity contribution < 1.29 is 22.6 Å². The van der Waals surface area contributed by atoms with E-state index in [-0.39, 0.29) is 33.4 Å². The van der Waals surface area contributed by atoms with Crippen molar-refractivity contribution in [2.24, 2.45) is 0 Å². The Morgan fingerprint density at radius 3 is 2.70 bits per heavy atom. The van der Waals surface area contributed by atoms with E-state index in [1.54, 1.807) is 0 Å². The number of non-ortho nitro benzene ring substituents is 1. The van der Waals surface area contributed by atoms with Crippen LogP contribution < -0.4 is 15.8 Å². The molecule has 3 aromatic rings. The molecule has 30 heavy (non-hydrogen) atoms. The average molecular weight is 432 g/mol. The highest BCUT2D eigenvalue weighted by Crippen LogP contribution is 2.23. The maximum Gasteiger partial charge on any atom is 0.420 e. The molecule has 2 aromatic carbocycles. The van der Waals surface area contributed by atoms with E-state index in [0.29, 0.717) is 0 Å². The van der Waals surface area contributed by atoms with Crippen LogP contribution in [0.4, 0.5) is 11.4 Å². The average Bonchev–Trinajstić information content (AvgIpc) is 3.44. The topological polar surface area (TPSA) is 154 Å². The van der Waals surface area contributed by atoms with Gasteiger partial charge < -0.3 is 9.73 Å². The molecule has 156 valence electrons. The summed E-state index contributed by atoms with van der Waals surface area (Å²) in [5.74, 6) is -1.44. The Hall–Kier alpha value is -3.51. The molecule has 0 radical (unpaired) electrons. The van der Waals surface area contributed by atoms with E-state index in [9.17, 15) is 28.1 Å². The molecule has 0 unspecified atom stereocenters. The largest absolute Gasteiger partial charge is 0.420 e. The highest BCUT2D eigenvalue weighted by atomic mass is 32.2. The van der Waals surface area contributed by atoms with Crippen LogP contribution in [0.2, 0.25) is 0 Å². The molecular formula is C18H16N4O7S. The molecule has 0 spiro atoms. The van der Waals surface area contributed by atoms with E-state index < -0.39 is 33.2 Å². The summed E-state index contributed by atoms with van der Waals surface area (Å²) in [6.45, 7) is -0.416. The summed E-state index contributed by atoms with van der Waals surface area (Å²) in [6, 6.07) is 9.33. The van der Waals surface area contributed by atoms with Crippen molar-refractivity contribution in [3.63, 3.8) is 0 Å². The number of fused-ring (bicyclic) bond motifs is 1. The molecule has 1 amide bonds. The molecule has 12 heteroatoms. The van der Waals surface area contributed by atoms with Gasteiger partial charge >= 0.3 is 5.76 Å². The number of anilines is 1. The predicted octanol–water partition coefficient (Wildman–Crippen LogP) is 1.58. The van der Waals surface area contributed by atoms with E-state index in [2.05, 4.69) is 10.0 Å². The number of rotatable bonds is 7. The number of carbonyl (C=O) groups excluding carboxylic acids is 1. The zero-order valence-corrected chi connectivity index (χ0v) is 16.2. The fourth-order valence-electron chi connectivity index (χ4n) is 2.89. The normalized spacial score (nSPS) is 14.0. The second kappa shape index (κ2) is 7.39. The van der Waals surface area contributed by atoms with Gasteiger partial charge in [-0.3, -0.25) is 19.5 Å². The number of oxazole rings is 1. The number of benzene rings is 2. The minimum Gasteiger partial charge on any atom is -0.407 e. The number of hydrogen-bond acceptors (Lipinski definition) is 7. The van der Waals surface area contributed by atoms with Crippen molar-refractivity contribution in [3.8, 4) is 0 Å². The number of nitrogens with one attached hydrogen (secondary N) is 2. The van der Waals surface area contributed by atoms with Gasteiger partial charge in [-0.15, -0.1) is 0 Å². The van der Waals surface area contributed by atoms with E-state index in [0.717, 1.165) is 23.5 Å². The molecule has 1 aliphatic rings. The van der Waals surface area contributed by atoms with Crippen molar-refractivity contribution in [3.05, 3.63) is 63.1 Å². The van der Waals surface area contributed by atoms with Gasteiger partial charge in [0, 0.05) is 17.8 Å². The van der Waals surface area contributed by atoms with Gasteiger partial charge in [0.25, 0.3) is 5.69 Å². The Morgan fingerprint density at radius 2 is 2.00 bits per heavy atom. The van der Waals surface area contributed by atoms with Gasteiger partial charge in [-0.25, -0.2) is 17.9 Å². The third kappa shape index (κ3) is 4.09. The maximum absolute atomic E-state index is 12.4. The highest BCUT2D eigenvalue weighted by Gasteiger charge is 2.28. The number of nitro groups is 1. The van der Waals surface area contributed by atoms with Crippen LogP contribution in [0.25, 0.3) is 11.1 Å². The van der Waals surface area contributed by atoms with Gasteiger partial charge in [0.15, 0.2) is 5.58 Å². The van der Waals surface area contributed by atoms with Crippen LogP contribution >= 0.6 is 0 Å². The SMILES string of the molecule is O=C(Cn1c(=O)oc2cc([N+](=O)[O-])ccc21)Nc1cccc(S(=O)(=O)NC2CC2)c1. The number of amides is 1. The quantitative estimate of drug-likeness (QED) is 0.424. The number of sulfonamides is 1. The van der Waals surface area contributed by atoms with Crippen LogP contribution in [0.1, 0.15) is 12.8 Å². The molecule has 1 heterocycles. The monoisotopic (exact) mass is 432 g/mol. The van der Waals surface area contributed by atoms with Gasteiger partial charge in [-0.1, -0.05) is 6.07 Å². The molecule has 0 atom stereocenters. The Bertz CT molecular complexity index is 1320. The third-order valence-corrected chi connectivity index (χ3v) is 6.01. The zero-order valence-electron chi connectivity index (χ0n) is 15.4.